The number of nitrogens with zero attached hydrogens (tertiary/aromatic N) is 3. The zero-order chi connectivity index (χ0) is 14.8. The van der Waals surface area contributed by atoms with Crippen LogP contribution >= 0.6 is 0 Å². The molecule has 1 N–H and O–H groups in total. The summed E-state index contributed by atoms with van der Waals surface area (Å²) in [6.45, 7) is 2.71. The molecule has 0 atom stereocenters. The summed E-state index contributed by atoms with van der Waals surface area (Å²) in [6.07, 6.45) is 3.62. The van der Waals surface area contributed by atoms with E-state index in [9.17, 15) is 10.1 Å². The summed E-state index contributed by atoms with van der Waals surface area (Å²) in [5.41, 5.74) is 0.736. The quantitative estimate of drug-likeness (QED) is 0.671. The molecule has 3 rings (SSSR count). The number of nitrogens with one attached hydrogen (secondary N) is 1. The highest BCUT2D eigenvalue weighted by atomic mass is 16.6. The Morgan fingerprint density at radius 1 is 1.43 bits per heavy atom. The van der Waals surface area contributed by atoms with Crippen molar-refractivity contribution in [3.8, 4) is 0 Å². The van der Waals surface area contributed by atoms with Crippen molar-refractivity contribution in [3.63, 3.8) is 0 Å². The Morgan fingerprint density at radius 3 is 2.95 bits per heavy atom. The molecule has 0 spiro atoms. The topological polar surface area (TPSA) is 90.2 Å². The molecule has 1 aliphatic carbocycles. The van der Waals surface area contributed by atoms with Gasteiger partial charge in [-0.3, -0.25) is 10.1 Å². The van der Waals surface area contributed by atoms with E-state index in [1.165, 1.54) is 18.5 Å². The lowest BCUT2D eigenvalue weighted by atomic mass is 9.89. The zero-order valence-corrected chi connectivity index (χ0v) is 11.7. The molecule has 0 amide bonds. The lowest BCUT2D eigenvalue weighted by Gasteiger charge is -2.35. The molecule has 7 heteroatoms. The van der Waals surface area contributed by atoms with E-state index >= 15 is 0 Å². The van der Waals surface area contributed by atoms with E-state index in [-0.39, 0.29) is 5.69 Å². The van der Waals surface area contributed by atoms with E-state index in [1.807, 2.05) is 6.92 Å². The largest absolute Gasteiger partial charge is 0.378 e. The van der Waals surface area contributed by atoms with Crippen LogP contribution in [0.1, 0.15) is 19.8 Å². The molecule has 0 bridgehead atoms. The highest BCUT2D eigenvalue weighted by Gasteiger charge is 2.30. The van der Waals surface area contributed by atoms with Gasteiger partial charge in [-0.15, -0.1) is 0 Å². The fraction of sp³-hybridized carbons (Fsp3) is 0.429. The molecule has 1 saturated carbocycles. The van der Waals surface area contributed by atoms with Crippen molar-refractivity contribution in [3.05, 3.63) is 34.6 Å². The maximum atomic E-state index is 10.9. The van der Waals surface area contributed by atoms with Gasteiger partial charge >= 0.3 is 0 Å². The zero-order valence-electron chi connectivity index (χ0n) is 11.7. The number of nitro benzene ring substituents is 1. The third-order valence-electron chi connectivity index (χ3n) is 3.67. The molecule has 1 aromatic heterocycles. The van der Waals surface area contributed by atoms with Crippen LogP contribution in [0.15, 0.2) is 24.5 Å². The van der Waals surface area contributed by atoms with Crippen LogP contribution in [0.3, 0.4) is 0 Å². The summed E-state index contributed by atoms with van der Waals surface area (Å²) in [5, 5.41) is 14.9. The van der Waals surface area contributed by atoms with Crippen molar-refractivity contribution < 1.29 is 9.66 Å². The normalized spacial score (nSPS) is 21.0. The van der Waals surface area contributed by atoms with Crippen LogP contribution in [-0.4, -0.2) is 33.6 Å². The Balaban J connectivity index is 1.82. The van der Waals surface area contributed by atoms with Crippen LogP contribution in [0.5, 0.6) is 0 Å². The minimum Gasteiger partial charge on any atom is -0.378 e. The molecule has 0 radical (unpaired) electrons. The van der Waals surface area contributed by atoms with Gasteiger partial charge in [0.05, 0.1) is 16.5 Å². The van der Waals surface area contributed by atoms with Crippen molar-refractivity contribution in [2.75, 3.05) is 11.9 Å². The second kappa shape index (κ2) is 5.61. The highest BCUT2D eigenvalue weighted by molar-refractivity contribution is 5.90. The van der Waals surface area contributed by atoms with Crippen molar-refractivity contribution in [2.24, 2.45) is 0 Å². The Hall–Kier alpha value is -2.28. The number of ether oxygens (including phenoxy) is 1. The van der Waals surface area contributed by atoms with Crippen LogP contribution in [0.2, 0.25) is 0 Å². The predicted octanol–water partition coefficient (Wildman–Crippen LogP) is 2.52. The smallest absolute Gasteiger partial charge is 0.270 e. The molecule has 1 heterocycles. The molecule has 2 aromatic rings. The van der Waals surface area contributed by atoms with E-state index in [2.05, 4.69) is 15.3 Å². The number of nitro groups is 1. The fourth-order valence-corrected chi connectivity index (χ4v) is 2.52. The van der Waals surface area contributed by atoms with Crippen molar-refractivity contribution >= 4 is 22.4 Å². The lowest BCUT2D eigenvalue weighted by molar-refractivity contribution is -0.384. The molecule has 21 heavy (non-hydrogen) atoms. The van der Waals surface area contributed by atoms with E-state index in [1.54, 1.807) is 6.07 Å². The van der Waals surface area contributed by atoms with Crippen LogP contribution in [0, 0.1) is 10.1 Å². The minimum absolute atomic E-state index is 0.0427. The highest BCUT2D eigenvalue weighted by Crippen LogP contribution is 2.30. The average Bonchev–Trinajstić information content (AvgIpc) is 2.44. The Kier molecular flexibility index (Phi) is 3.66. The fourth-order valence-electron chi connectivity index (χ4n) is 2.52. The molecule has 1 fully saturated rings. The van der Waals surface area contributed by atoms with Crippen LogP contribution < -0.4 is 5.32 Å². The summed E-state index contributed by atoms with van der Waals surface area (Å²) in [5.74, 6) is 0.642. The van der Waals surface area contributed by atoms with Gasteiger partial charge in [-0.1, -0.05) is 0 Å². The number of hydrogen-bond acceptors (Lipinski definition) is 6. The van der Waals surface area contributed by atoms with Crippen LogP contribution in [0.25, 0.3) is 10.9 Å². The monoisotopic (exact) mass is 288 g/mol. The van der Waals surface area contributed by atoms with Gasteiger partial charge in [0.15, 0.2) is 0 Å². The first-order valence-corrected chi connectivity index (χ1v) is 6.94. The first kappa shape index (κ1) is 13.7. The Labute approximate surface area is 121 Å². The first-order chi connectivity index (χ1) is 10.2. The number of non-ortho nitro benzene ring substituents is 1. The molecule has 1 aromatic carbocycles. The SMILES string of the molecule is CCOC1CC(Nc2ncnc3ccc([N+](=O)[O-])cc23)C1. The van der Waals surface area contributed by atoms with Gasteiger partial charge in [-0.25, -0.2) is 9.97 Å². The van der Waals surface area contributed by atoms with E-state index < -0.39 is 4.92 Å². The number of benzene rings is 1. The standard InChI is InChI=1S/C14H16N4O3/c1-2-21-11-5-9(6-11)17-14-12-7-10(18(19)20)3-4-13(12)15-8-16-14/h3-4,7-9,11H,2,5-6H2,1H3,(H,15,16,17). The molecule has 0 saturated heterocycles. The van der Waals surface area contributed by atoms with Crippen molar-refractivity contribution in [2.45, 2.75) is 31.9 Å². The maximum absolute atomic E-state index is 10.9. The lowest BCUT2D eigenvalue weighted by Crippen LogP contribution is -2.41. The molecule has 110 valence electrons. The van der Waals surface area contributed by atoms with Gasteiger partial charge in [-0.2, -0.15) is 0 Å². The van der Waals surface area contributed by atoms with Crippen LogP contribution in [-0.2, 0) is 4.74 Å². The molecule has 1 aliphatic rings. The molecule has 7 nitrogen and oxygen atoms in total. The van der Waals surface area contributed by atoms with Gasteiger partial charge < -0.3 is 10.1 Å². The van der Waals surface area contributed by atoms with Gasteiger partial charge in [-0.05, 0) is 25.8 Å². The van der Waals surface area contributed by atoms with E-state index in [4.69, 9.17) is 4.74 Å². The number of rotatable bonds is 5. The predicted molar refractivity (Wildman–Crippen MR) is 78.3 cm³/mol. The second-order valence-corrected chi connectivity index (χ2v) is 5.07. The Morgan fingerprint density at radius 2 is 2.24 bits per heavy atom. The van der Waals surface area contributed by atoms with Crippen LogP contribution in [0.4, 0.5) is 11.5 Å². The summed E-state index contributed by atoms with van der Waals surface area (Å²) >= 11 is 0. The van der Waals surface area contributed by atoms with Crippen molar-refractivity contribution in [1.29, 1.82) is 0 Å². The Bertz CT molecular complexity index is 670. The summed E-state index contributed by atoms with van der Waals surface area (Å²) in [6, 6.07) is 4.90. The molecule has 0 aliphatic heterocycles. The third-order valence-corrected chi connectivity index (χ3v) is 3.67. The minimum atomic E-state index is -0.412. The van der Waals surface area contributed by atoms with Gasteiger partial charge in [0.1, 0.15) is 12.1 Å². The summed E-state index contributed by atoms with van der Waals surface area (Å²) in [7, 11) is 0. The number of anilines is 1. The number of fused-ring (bicyclic) bond motifs is 1. The summed E-state index contributed by atoms with van der Waals surface area (Å²) in [4.78, 5) is 18.8. The van der Waals surface area contributed by atoms with Gasteiger partial charge in [0.25, 0.3) is 5.69 Å². The van der Waals surface area contributed by atoms with E-state index in [0.717, 1.165) is 19.4 Å². The number of aromatic nitrogens is 2. The van der Waals surface area contributed by atoms with Crippen molar-refractivity contribution in [1.82, 2.24) is 9.97 Å². The molecule has 0 unspecified atom stereocenters. The molecular formula is C14H16N4O3. The maximum Gasteiger partial charge on any atom is 0.270 e. The third kappa shape index (κ3) is 2.78. The summed E-state index contributed by atoms with van der Waals surface area (Å²) < 4.78 is 5.52. The van der Waals surface area contributed by atoms with E-state index in [0.29, 0.717) is 28.9 Å². The van der Waals surface area contributed by atoms with Gasteiger partial charge in [0, 0.05) is 30.2 Å². The number of hydrogen-bond donors (Lipinski definition) is 1. The molecular weight excluding hydrogens is 272 g/mol. The first-order valence-electron chi connectivity index (χ1n) is 6.94. The second-order valence-electron chi connectivity index (χ2n) is 5.07. The van der Waals surface area contributed by atoms with Gasteiger partial charge in [0.2, 0.25) is 0 Å². The average molecular weight is 288 g/mol.